The Labute approximate surface area is 445 Å². The summed E-state index contributed by atoms with van der Waals surface area (Å²) >= 11 is 0. The van der Waals surface area contributed by atoms with Gasteiger partial charge >= 0.3 is 0 Å². The molecular formula is C73H55N3. The summed E-state index contributed by atoms with van der Waals surface area (Å²) < 4.78 is 2.50. The van der Waals surface area contributed by atoms with E-state index in [1.807, 2.05) is 0 Å². The van der Waals surface area contributed by atoms with Crippen LogP contribution in [0.4, 0.5) is 28.4 Å². The predicted molar refractivity (Wildman–Crippen MR) is 323 cm³/mol. The molecule has 1 atom stereocenters. The van der Waals surface area contributed by atoms with Crippen LogP contribution in [0.1, 0.15) is 12.5 Å². The summed E-state index contributed by atoms with van der Waals surface area (Å²) in [5.41, 5.74) is 22.7. The van der Waals surface area contributed by atoms with E-state index in [0.717, 1.165) is 34.9 Å². The lowest BCUT2D eigenvalue weighted by Gasteiger charge is -2.25. The van der Waals surface area contributed by atoms with Gasteiger partial charge in [0.2, 0.25) is 0 Å². The molecule has 11 aromatic carbocycles. The summed E-state index contributed by atoms with van der Waals surface area (Å²) in [6.07, 6.45) is 9.91. The van der Waals surface area contributed by atoms with E-state index in [4.69, 9.17) is 0 Å². The van der Waals surface area contributed by atoms with Crippen molar-refractivity contribution in [3.63, 3.8) is 0 Å². The summed E-state index contributed by atoms with van der Waals surface area (Å²) in [6.45, 7) is 0. The van der Waals surface area contributed by atoms with E-state index in [1.165, 1.54) is 88.6 Å². The highest BCUT2D eigenvalue weighted by Crippen LogP contribution is 2.39. The quantitative estimate of drug-likeness (QED) is 0.121. The zero-order valence-corrected chi connectivity index (χ0v) is 42.4. The van der Waals surface area contributed by atoms with Crippen molar-refractivity contribution in [3.8, 4) is 66.8 Å². The van der Waals surface area contributed by atoms with Crippen LogP contribution in [0.2, 0.25) is 0 Å². The smallest absolute Gasteiger partial charge is 0.0560 e. The Morgan fingerprint density at radius 2 is 0.632 bits per heavy atom. The molecular weight excluding hydrogens is 919 g/mol. The van der Waals surface area contributed by atoms with Gasteiger partial charge in [-0.1, -0.05) is 218 Å². The highest BCUT2D eigenvalue weighted by atomic mass is 15.1. The third kappa shape index (κ3) is 9.10. The van der Waals surface area contributed by atoms with Crippen LogP contribution in [0.3, 0.4) is 0 Å². The fourth-order valence-electron chi connectivity index (χ4n) is 11.0. The number of nitrogens with zero attached hydrogens (tertiary/aromatic N) is 3. The second-order valence-electron chi connectivity index (χ2n) is 19.8. The minimum atomic E-state index is 0.325. The van der Waals surface area contributed by atoms with Gasteiger partial charge < -0.3 is 14.4 Å². The first-order chi connectivity index (χ1) is 37.6. The zero-order valence-electron chi connectivity index (χ0n) is 42.4. The Kier molecular flexibility index (Phi) is 12.3. The molecule has 0 fully saturated rings. The Morgan fingerprint density at radius 3 is 1.04 bits per heavy atom. The molecule has 0 aliphatic heterocycles. The molecule has 1 unspecified atom stereocenters. The van der Waals surface area contributed by atoms with Gasteiger partial charge in [-0.15, -0.1) is 0 Å². The van der Waals surface area contributed by atoms with Gasteiger partial charge in [-0.3, -0.25) is 0 Å². The molecule has 362 valence electrons. The van der Waals surface area contributed by atoms with Gasteiger partial charge in [-0.05, 0) is 152 Å². The van der Waals surface area contributed by atoms with E-state index in [-0.39, 0.29) is 0 Å². The Bertz CT molecular complexity index is 3960. The van der Waals surface area contributed by atoms with E-state index in [1.54, 1.807) is 0 Å². The number of hydrogen-bond donors (Lipinski definition) is 0. The Hall–Kier alpha value is -9.70. The van der Waals surface area contributed by atoms with Crippen molar-refractivity contribution in [2.45, 2.75) is 12.5 Å². The molecule has 0 radical (unpaired) electrons. The molecule has 1 heterocycles. The number of benzene rings is 11. The van der Waals surface area contributed by atoms with Crippen LogP contribution < -0.4 is 9.80 Å². The van der Waals surface area contributed by atoms with Crippen molar-refractivity contribution in [2.75, 3.05) is 16.8 Å². The Morgan fingerprint density at radius 1 is 0.303 bits per heavy atom. The van der Waals surface area contributed by atoms with Crippen LogP contribution >= 0.6 is 0 Å². The first-order valence-electron chi connectivity index (χ1n) is 26.3. The van der Waals surface area contributed by atoms with Gasteiger partial charge in [-0.25, -0.2) is 0 Å². The van der Waals surface area contributed by atoms with Crippen LogP contribution in [0, 0.1) is 0 Å². The number of allylic oxidation sites excluding steroid dienone is 4. The average Bonchev–Trinajstić information content (AvgIpc) is 3.85. The zero-order chi connectivity index (χ0) is 50.8. The fraction of sp³-hybridized carbons (Fsp3) is 0.0411. The number of fused-ring (bicyclic) bond motifs is 3. The minimum Gasteiger partial charge on any atom is -0.345 e. The van der Waals surface area contributed by atoms with Gasteiger partial charge in [0.05, 0.1) is 6.04 Å². The molecule has 0 bridgehead atoms. The van der Waals surface area contributed by atoms with Crippen molar-refractivity contribution >= 4 is 50.2 Å². The highest BCUT2D eigenvalue weighted by Gasteiger charge is 2.18. The Balaban J connectivity index is 0.636. The molecule has 0 saturated heterocycles. The maximum Gasteiger partial charge on any atom is 0.0560 e. The summed E-state index contributed by atoms with van der Waals surface area (Å²) in [5, 5.41) is 2.61. The predicted octanol–water partition coefficient (Wildman–Crippen LogP) is 20.1. The maximum absolute atomic E-state index is 2.50. The van der Waals surface area contributed by atoms with E-state index in [9.17, 15) is 0 Å². The van der Waals surface area contributed by atoms with Gasteiger partial charge in [0.1, 0.15) is 0 Å². The second kappa shape index (κ2) is 20.3. The normalized spacial score (nSPS) is 13.0. The largest absolute Gasteiger partial charge is 0.345 e. The lowest BCUT2D eigenvalue weighted by Crippen LogP contribution is -2.09. The van der Waals surface area contributed by atoms with Crippen molar-refractivity contribution in [1.29, 1.82) is 0 Å². The van der Waals surface area contributed by atoms with E-state index in [2.05, 4.69) is 319 Å². The molecule has 13 rings (SSSR count). The molecule has 1 aromatic heterocycles. The number of anilines is 5. The summed E-state index contributed by atoms with van der Waals surface area (Å²) in [4.78, 5) is 4.54. The first-order valence-corrected chi connectivity index (χ1v) is 26.3. The molecule has 0 amide bonds. The number of rotatable bonds is 12. The molecule has 1 aliphatic rings. The van der Waals surface area contributed by atoms with Crippen LogP contribution in [0.15, 0.2) is 297 Å². The van der Waals surface area contributed by atoms with Crippen LogP contribution in [0.5, 0.6) is 0 Å². The number of hydrogen-bond acceptors (Lipinski definition) is 2. The van der Waals surface area contributed by atoms with Crippen molar-refractivity contribution in [2.24, 2.45) is 0 Å². The van der Waals surface area contributed by atoms with Crippen LogP contribution in [0.25, 0.3) is 88.6 Å². The van der Waals surface area contributed by atoms with E-state index in [0.29, 0.717) is 6.04 Å². The topological polar surface area (TPSA) is 11.4 Å². The molecule has 76 heavy (non-hydrogen) atoms. The summed E-state index contributed by atoms with van der Waals surface area (Å²) in [6, 6.07) is 99.5. The van der Waals surface area contributed by atoms with Crippen LogP contribution in [-0.2, 0) is 0 Å². The van der Waals surface area contributed by atoms with E-state index >= 15 is 0 Å². The number of aromatic nitrogens is 1. The average molecular weight is 974 g/mol. The van der Waals surface area contributed by atoms with Gasteiger partial charge in [0.15, 0.2) is 0 Å². The molecule has 0 spiro atoms. The molecule has 3 nitrogen and oxygen atoms in total. The fourth-order valence-corrected chi connectivity index (χ4v) is 11.0. The SMILES string of the molecule is CN(c1ccc(-c2ccc(-c3ccc(-c4ccc(N(c5ccccc5)c5ccccc5)cc4)cc3)cc2)cc1)c1ccc(-c2ccc(-c3ccc(-c4ccc5c(c4)c4ccccc4n5C4C=CC=CC4)cc3)cc2)cc1. The molecule has 0 N–H and O–H groups in total. The second-order valence-corrected chi connectivity index (χ2v) is 19.8. The molecule has 0 saturated carbocycles. The molecule has 12 aromatic rings. The van der Waals surface area contributed by atoms with Crippen molar-refractivity contribution in [3.05, 3.63) is 297 Å². The third-order valence-electron chi connectivity index (χ3n) is 15.2. The number of para-hydroxylation sites is 3. The third-order valence-corrected chi connectivity index (χ3v) is 15.2. The van der Waals surface area contributed by atoms with E-state index < -0.39 is 0 Å². The lowest BCUT2D eigenvalue weighted by molar-refractivity contribution is 0.648. The lowest BCUT2D eigenvalue weighted by atomic mass is 9.97. The van der Waals surface area contributed by atoms with Crippen LogP contribution in [-0.4, -0.2) is 11.6 Å². The van der Waals surface area contributed by atoms with Crippen molar-refractivity contribution in [1.82, 2.24) is 4.57 Å². The summed E-state index contributed by atoms with van der Waals surface area (Å²) in [7, 11) is 2.13. The molecule has 3 heteroatoms. The van der Waals surface area contributed by atoms with Gasteiger partial charge in [0.25, 0.3) is 0 Å². The first kappa shape index (κ1) is 46.1. The van der Waals surface area contributed by atoms with Gasteiger partial charge in [-0.2, -0.15) is 0 Å². The standard InChI is InChI=1S/C73H55N3/c1-74(64-44-37-59(38-45-64)56-27-21-52(22-28-56)53-25-31-58(32-26-53)61-41-48-69(49-42-61)75(66-13-5-2-6-14-66)67-15-7-3-8-16-67)65-46-39-60(40-47-65)57-29-23-54(24-30-57)55-33-35-62(36-34-55)63-43-50-73-71(51-63)70-19-11-12-20-72(70)76(73)68-17-9-4-10-18-68/h2-17,19-51,68H,18H2,1H3. The summed E-state index contributed by atoms with van der Waals surface area (Å²) in [5.74, 6) is 0. The minimum absolute atomic E-state index is 0.325. The van der Waals surface area contributed by atoms with Gasteiger partial charge in [0, 0.05) is 57.3 Å². The molecule has 1 aliphatic carbocycles. The maximum atomic E-state index is 2.50. The highest BCUT2D eigenvalue weighted by molar-refractivity contribution is 6.09. The monoisotopic (exact) mass is 973 g/mol. The van der Waals surface area contributed by atoms with Crippen molar-refractivity contribution < 1.29 is 0 Å².